The van der Waals surface area contributed by atoms with Gasteiger partial charge in [-0.1, -0.05) is 13.8 Å². The number of hydrogen-bond acceptors (Lipinski definition) is 5. The maximum atomic E-state index is 12.6. The highest BCUT2D eigenvalue weighted by Crippen LogP contribution is 2.23. The number of carbonyl (C=O) groups excluding carboxylic acids is 2. The minimum atomic E-state index is -0.130. The molecule has 2 saturated heterocycles. The summed E-state index contributed by atoms with van der Waals surface area (Å²) in [6.07, 6.45) is 5.72. The van der Waals surface area contributed by atoms with E-state index in [4.69, 9.17) is 0 Å². The molecule has 150 valence electrons. The van der Waals surface area contributed by atoms with Gasteiger partial charge in [-0.05, 0) is 44.6 Å². The van der Waals surface area contributed by atoms with Gasteiger partial charge in [0.05, 0.1) is 11.6 Å². The highest BCUT2D eigenvalue weighted by Gasteiger charge is 2.28. The first-order valence-electron chi connectivity index (χ1n) is 10.3. The Labute approximate surface area is 166 Å². The van der Waals surface area contributed by atoms with Crippen molar-refractivity contribution in [1.82, 2.24) is 14.8 Å². The van der Waals surface area contributed by atoms with Crippen molar-refractivity contribution in [3.63, 3.8) is 0 Å². The molecule has 0 radical (unpaired) electrons. The monoisotopic (exact) mass is 392 g/mol. The van der Waals surface area contributed by atoms with Crippen molar-refractivity contribution in [2.75, 3.05) is 31.5 Å². The van der Waals surface area contributed by atoms with Gasteiger partial charge in [0, 0.05) is 38.0 Å². The standard InChI is InChI=1S/C20H32N4O2S/c1-3-6-18(25)24-10-5-8-16(12-24)19(26)22-20-21-17(14-27-20)13-23-9-4-7-15(2)11-23/h14-16H,3-13H2,1-2H3,(H,21,22,26). The van der Waals surface area contributed by atoms with Gasteiger partial charge in [-0.2, -0.15) is 0 Å². The van der Waals surface area contributed by atoms with Crippen molar-refractivity contribution in [2.45, 2.75) is 58.9 Å². The van der Waals surface area contributed by atoms with E-state index in [9.17, 15) is 9.59 Å². The van der Waals surface area contributed by atoms with Gasteiger partial charge >= 0.3 is 0 Å². The highest BCUT2D eigenvalue weighted by atomic mass is 32.1. The van der Waals surface area contributed by atoms with Crippen LogP contribution in [0.2, 0.25) is 0 Å². The van der Waals surface area contributed by atoms with Gasteiger partial charge in [0.25, 0.3) is 0 Å². The van der Waals surface area contributed by atoms with Crippen molar-refractivity contribution >= 4 is 28.3 Å². The lowest BCUT2D eigenvalue weighted by Gasteiger charge is -2.32. The molecule has 0 aromatic carbocycles. The summed E-state index contributed by atoms with van der Waals surface area (Å²) in [5, 5.41) is 5.71. The van der Waals surface area contributed by atoms with Crippen molar-refractivity contribution in [1.29, 1.82) is 0 Å². The second kappa shape index (κ2) is 9.64. The lowest BCUT2D eigenvalue weighted by atomic mass is 9.97. The molecular formula is C20H32N4O2S. The van der Waals surface area contributed by atoms with Crippen LogP contribution in [0.5, 0.6) is 0 Å². The Morgan fingerprint density at radius 2 is 2.07 bits per heavy atom. The van der Waals surface area contributed by atoms with Crippen molar-refractivity contribution < 1.29 is 9.59 Å². The minimum Gasteiger partial charge on any atom is -0.342 e. The van der Waals surface area contributed by atoms with Crippen LogP contribution in [0.15, 0.2) is 5.38 Å². The van der Waals surface area contributed by atoms with Gasteiger partial charge < -0.3 is 10.2 Å². The number of aromatic nitrogens is 1. The minimum absolute atomic E-state index is 0.00325. The summed E-state index contributed by atoms with van der Waals surface area (Å²) in [5.41, 5.74) is 1.03. The van der Waals surface area contributed by atoms with Gasteiger partial charge in [-0.25, -0.2) is 4.98 Å². The maximum absolute atomic E-state index is 12.6. The molecule has 2 unspecified atom stereocenters. The Morgan fingerprint density at radius 3 is 2.85 bits per heavy atom. The van der Waals surface area contributed by atoms with Gasteiger partial charge in [0.15, 0.2) is 5.13 Å². The molecule has 2 atom stereocenters. The van der Waals surface area contributed by atoms with Gasteiger partial charge in [-0.15, -0.1) is 11.3 Å². The lowest BCUT2D eigenvalue weighted by molar-refractivity contribution is -0.134. The van der Waals surface area contributed by atoms with Crippen LogP contribution in [0.3, 0.4) is 0 Å². The van der Waals surface area contributed by atoms with E-state index in [0.29, 0.717) is 18.1 Å². The normalized spacial score (nSPS) is 24.0. The Morgan fingerprint density at radius 1 is 1.26 bits per heavy atom. The summed E-state index contributed by atoms with van der Waals surface area (Å²) in [7, 11) is 0. The van der Waals surface area contributed by atoms with Crippen LogP contribution in [0.25, 0.3) is 0 Å². The summed E-state index contributed by atoms with van der Waals surface area (Å²) < 4.78 is 0. The molecule has 6 nitrogen and oxygen atoms in total. The third kappa shape index (κ3) is 5.75. The van der Waals surface area contributed by atoms with Crippen LogP contribution in [0.4, 0.5) is 5.13 Å². The van der Waals surface area contributed by atoms with Crippen LogP contribution in [0.1, 0.15) is 58.1 Å². The third-order valence-corrected chi connectivity index (χ3v) is 6.32. The molecule has 0 aliphatic carbocycles. The first-order valence-corrected chi connectivity index (χ1v) is 11.2. The molecule has 0 spiro atoms. The van der Waals surface area contributed by atoms with Crippen LogP contribution in [-0.4, -0.2) is 52.8 Å². The molecule has 2 aliphatic rings. The number of rotatable bonds is 6. The van der Waals surface area contributed by atoms with Crippen LogP contribution in [-0.2, 0) is 16.1 Å². The molecule has 2 aliphatic heterocycles. The topological polar surface area (TPSA) is 65.5 Å². The Bertz CT molecular complexity index is 648. The van der Waals surface area contributed by atoms with E-state index < -0.39 is 0 Å². The number of thiazole rings is 1. The molecule has 0 bridgehead atoms. The Hall–Kier alpha value is -1.47. The average molecular weight is 393 g/mol. The largest absolute Gasteiger partial charge is 0.342 e. The molecule has 2 amide bonds. The molecule has 1 aromatic heterocycles. The summed E-state index contributed by atoms with van der Waals surface area (Å²) in [4.78, 5) is 33.7. The number of likely N-dealkylation sites (tertiary alicyclic amines) is 2. The number of anilines is 1. The predicted molar refractivity (Wildman–Crippen MR) is 109 cm³/mol. The fourth-order valence-corrected chi connectivity index (χ4v) is 4.80. The van der Waals surface area contributed by atoms with Gasteiger partial charge in [0.1, 0.15) is 0 Å². The van der Waals surface area contributed by atoms with E-state index in [1.165, 1.54) is 24.2 Å². The zero-order valence-electron chi connectivity index (χ0n) is 16.6. The number of carbonyl (C=O) groups is 2. The van der Waals surface area contributed by atoms with E-state index in [0.717, 1.165) is 57.1 Å². The zero-order chi connectivity index (χ0) is 19.2. The summed E-state index contributed by atoms with van der Waals surface area (Å²) >= 11 is 1.50. The molecule has 3 rings (SSSR count). The number of nitrogens with zero attached hydrogens (tertiary/aromatic N) is 3. The van der Waals surface area contributed by atoms with E-state index in [1.54, 1.807) is 0 Å². The first kappa shape index (κ1) is 20.3. The number of nitrogens with one attached hydrogen (secondary N) is 1. The smallest absolute Gasteiger partial charge is 0.231 e. The second-order valence-corrected chi connectivity index (χ2v) is 8.90. The number of hydrogen-bond donors (Lipinski definition) is 1. The number of amides is 2. The molecular weight excluding hydrogens is 360 g/mol. The molecule has 2 fully saturated rings. The molecule has 7 heteroatoms. The lowest BCUT2D eigenvalue weighted by Crippen LogP contribution is -2.43. The first-order chi connectivity index (χ1) is 13.0. The Kier molecular flexibility index (Phi) is 7.24. The molecule has 3 heterocycles. The third-order valence-electron chi connectivity index (χ3n) is 5.52. The highest BCUT2D eigenvalue weighted by molar-refractivity contribution is 7.13. The van der Waals surface area contributed by atoms with E-state index in [2.05, 4.69) is 22.1 Å². The van der Waals surface area contributed by atoms with E-state index in [-0.39, 0.29) is 17.7 Å². The SMILES string of the molecule is CCCC(=O)N1CCCC(C(=O)Nc2nc(CN3CCCC(C)C3)cs2)C1. The van der Waals surface area contributed by atoms with Crippen LogP contribution < -0.4 is 5.32 Å². The quantitative estimate of drug-likeness (QED) is 0.806. The van der Waals surface area contributed by atoms with Crippen molar-refractivity contribution in [2.24, 2.45) is 11.8 Å². The average Bonchev–Trinajstić information content (AvgIpc) is 3.09. The van der Waals surface area contributed by atoms with Crippen LogP contribution in [0, 0.1) is 11.8 Å². The maximum Gasteiger partial charge on any atom is 0.231 e. The molecule has 0 saturated carbocycles. The Balaban J connectivity index is 1.50. The second-order valence-electron chi connectivity index (χ2n) is 8.04. The van der Waals surface area contributed by atoms with Crippen molar-refractivity contribution in [3.8, 4) is 0 Å². The fraction of sp³-hybridized carbons (Fsp3) is 0.750. The molecule has 1 N–H and O–H groups in total. The van der Waals surface area contributed by atoms with Gasteiger partial charge in [-0.3, -0.25) is 14.5 Å². The fourth-order valence-electron chi connectivity index (χ4n) is 4.09. The predicted octanol–water partition coefficient (Wildman–Crippen LogP) is 3.35. The van der Waals surface area contributed by atoms with Crippen molar-refractivity contribution in [3.05, 3.63) is 11.1 Å². The van der Waals surface area contributed by atoms with Crippen LogP contribution >= 0.6 is 11.3 Å². The number of piperidine rings is 2. The van der Waals surface area contributed by atoms with E-state index in [1.807, 2.05) is 17.2 Å². The van der Waals surface area contributed by atoms with E-state index >= 15 is 0 Å². The summed E-state index contributed by atoms with van der Waals surface area (Å²) in [6.45, 7) is 8.75. The summed E-state index contributed by atoms with van der Waals surface area (Å²) in [5.74, 6) is 0.787. The molecule has 27 heavy (non-hydrogen) atoms. The summed E-state index contributed by atoms with van der Waals surface area (Å²) in [6, 6.07) is 0. The molecule has 1 aromatic rings. The zero-order valence-corrected chi connectivity index (χ0v) is 17.4. The van der Waals surface area contributed by atoms with Gasteiger partial charge in [0.2, 0.25) is 11.8 Å².